The lowest BCUT2D eigenvalue weighted by atomic mass is 10.2. The summed E-state index contributed by atoms with van der Waals surface area (Å²) in [5.74, 6) is 0.632. The maximum absolute atomic E-state index is 6.16. The quantitative estimate of drug-likeness (QED) is 0.906. The number of hydrogen-bond donors (Lipinski definition) is 1. The number of rotatable bonds is 5. The molecule has 2 rings (SSSR count). The average molecular weight is 298 g/mol. The van der Waals surface area contributed by atoms with Crippen LogP contribution in [0.2, 0.25) is 10.0 Å². The van der Waals surface area contributed by atoms with Crippen molar-refractivity contribution >= 4 is 23.2 Å². The van der Waals surface area contributed by atoms with Gasteiger partial charge in [0.25, 0.3) is 0 Å². The molecule has 0 aliphatic carbocycles. The van der Waals surface area contributed by atoms with Crippen molar-refractivity contribution in [2.24, 2.45) is 5.92 Å². The molecule has 0 spiro atoms. The van der Waals surface area contributed by atoms with Gasteiger partial charge in [-0.1, -0.05) is 37.0 Å². The largest absolute Gasteiger partial charge is 0.311 e. The van der Waals surface area contributed by atoms with Gasteiger partial charge in [-0.15, -0.1) is 0 Å². The predicted octanol–water partition coefficient (Wildman–Crippen LogP) is 3.92. The van der Waals surface area contributed by atoms with E-state index in [1.807, 2.05) is 18.3 Å². The number of aromatic nitrogens is 2. The van der Waals surface area contributed by atoms with Gasteiger partial charge in [0, 0.05) is 17.8 Å². The van der Waals surface area contributed by atoms with Gasteiger partial charge in [0.1, 0.15) is 0 Å². The van der Waals surface area contributed by atoms with E-state index in [0.717, 1.165) is 24.5 Å². The Hall–Kier alpha value is -1.03. The average Bonchev–Trinajstić information content (AvgIpc) is 2.77. The lowest BCUT2D eigenvalue weighted by molar-refractivity contribution is 0.546. The van der Waals surface area contributed by atoms with E-state index >= 15 is 0 Å². The van der Waals surface area contributed by atoms with Crippen LogP contribution in [0.4, 0.5) is 0 Å². The lowest BCUT2D eigenvalue weighted by Crippen LogP contribution is -2.19. The standard InChI is InChI=1S/C14H17Cl2N3/c1-10(2)8-17-9-12-5-6-19(18-12)14-4-3-11(15)7-13(14)16/h3-7,10,17H,8-9H2,1-2H3. The Balaban J connectivity index is 2.08. The van der Waals surface area contributed by atoms with Gasteiger partial charge < -0.3 is 5.32 Å². The van der Waals surface area contributed by atoms with Crippen LogP contribution < -0.4 is 5.32 Å². The summed E-state index contributed by atoms with van der Waals surface area (Å²) >= 11 is 12.0. The van der Waals surface area contributed by atoms with Crippen molar-refractivity contribution in [1.29, 1.82) is 0 Å². The molecular formula is C14H17Cl2N3. The van der Waals surface area contributed by atoms with Gasteiger partial charge in [0.2, 0.25) is 0 Å². The second-order valence-electron chi connectivity index (χ2n) is 4.87. The maximum atomic E-state index is 6.16. The first-order chi connectivity index (χ1) is 9.06. The van der Waals surface area contributed by atoms with E-state index in [1.165, 1.54) is 0 Å². The van der Waals surface area contributed by atoms with Crippen LogP contribution in [0.1, 0.15) is 19.5 Å². The zero-order chi connectivity index (χ0) is 13.8. The normalized spacial score (nSPS) is 11.2. The third kappa shape index (κ3) is 3.96. The molecule has 0 amide bonds. The van der Waals surface area contributed by atoms with Crippen molar-refractivity contribution in [1.82, 2.24) is 15.1 Å². The molecule has 0 unspecified atom stereocenters. The van der Waals surface area contributed by atoms with Gasteiger partial charge in [-0.25, -0.2) is 4.68 Å². The maximum Gasteiger partial charge on any atom is 0.0832 e. The van der Waals surface area contributed by atoms with Crippen molar-refractivity contribution in [3.05, 3.63) is 46.2 Å². The molecule has 19 heavy (non-hydrogen) atoms. The first-order valence-corrected chi connectivity index (χ1v) is 7.02. The topological polar surface area (TPSA) is 29.9 Å². The van der Waals surface area contributed by atoms with Crippen LogP contribution in [0.15, 0.2) is 30.5 Å². The molecule has 1 aromatic carbocycles. The number of nitrogens with one attached hydrogen (secondary N) is 1. The van der Waals surface area contributed by atoms with Crippen molar-refractivity contribution in [3.63, 3.8) is 0 Å². The van der Waals surface area contributed by atoms with E-state index < -0.39 is 0 Å². The van der Waals surface area contributed by atoms with Gasteiger partial charge in [-0.3, -0.25) is 0 Å². The lowest BCUT2D eigenvalue weighted by Gasteiger charge is -2.06. The molecule has 0 saturated heterocycles. The molecule has 5 heteroatoms. The molecular weight excluding hydrogens is 281 g/mol. The van der Waals surface area contributed by atoms with Gasteiger partial charge in [-0.05, 0) is 36.7 Å². The zero-order valence-corrected chi connectivity index (χ0v) is 12.5. The zero-order valence-electron chi connectivity index (χ0n) is 11.0. The second kappa shape index (κ2) is 6.42. The Bertz CT molecular complexity index is 549. The molecule has 0 saturated carbocycles. The highest BCUT2D eigenvalue weighted by atomic mass is 35.5. The summed E-state index contributed by atoms with van der Waals surface area (Å²) in [6.45, 7) is 6.10. The van der Waals surface area contributed by atoms with E-state index in [9.17, 15) is 0 Å². The second-order valence-corrected chi connectivity index (χ2v) is 5.72. The molecule has 3 nitrogen and oxygen atoms in total. The SMILES string of the molecule is CC(C)CNCc1ccn(-c2ccc(Cl)cc2Cl)n1. The number of benzene rings is 1. The Morgan fingerprint density at radius 2 is 2.05 bits per heavy atom. The van der Waals surface area contributed by atoms with Gasteiger partial charge in [0.05, 0.1) is 16.4 Å². The molecule has 0 aliphatic heterocycles. The summed E-state index contributed by atoms with van der Waals surface area (Å²) in [4.78, 5) is 0. The van der Waals surface area contributed by atoms with Crippen molar-refractivity contribution in [2.75, 3.05) is 6.54 Å². The van der Waals surface area contributed by atoms with E-state index in [2.05, 4.69) is 24.3 Å². The fraction of sp³-hybridized carbons (Fsp3) is 0.357. The Kier molecular flexibility index (Phi) is 4.86. The van der Waals surface area contributed by atoms with E-state index in [0.29, 0.717) is 16.0 Å². The summed E-state index contributed by atoms with van der Waals surface area (Å²) in [5, 5.41) is 9.07. The van der Waals surface area contributed by atoms with Crippen LogP contribution in [0.5, 0.6) is 0 Å². The van der Waals surface area contributed by atoms with Crippen molar-refractivity contribution < 1.29 is 0 Å². The molecule has 2 aromatic rings. The highest BCUT2D eigenvalue weighted by Gasteiger charge is 2.06. The summed E-state index contributed by atoms with van der Waals surface area (Å²) in [6.07, 6.45) is 1.90. The highest BCUT2D eigenvalue weighted by Crippen LogP contribution is 2.23. The molecule has 1 aromatic heterocycles. The molecule has 0 fully saturated rings. The minimum atomic E-state index is 0.595. The summed E-state index contributed by atoms with van der Waals surface area (Å²) in [6, 6.07) is 7.37. The minimum absolute atomic E-state index is 0.595. The predicted molar refractivity (Wildman–Crippen MR) is 80.1 cm³/mol. The Morgan fingerprint density at radius 1 is 1.26 bits per heavy atom. The third-order valence-corrected chi connectivity index (χ3v) is 3.20. The summed E-state index contributed by atoms with van der Waals surface area (Å²) < 4.78 is 1.77. The highest BCUT2D eigenvalue weighted by molar-refractivity contribution is 6.35. The van der Waals surface area contributed by atoms with Gasteiger partial charge in [-0.2, -0.15) is 5.10 Å². The van der Waals surface area contributed by atoms with E-state index in [-0.39, 0.29) is 0 Å². The molecule has 0 bridgehead atoms. The van der Waals surface area contributed by atoms with Crippen molar-refractivity contribution in [2.45, 2.75) is 20.4 Å². The van der Waals surface area contributed by atoms with Crippen LogP contribution in [-0.2, 0) is 6.54 Å². The minimum Gasteiger partial charge on any atom is -0.311 e. The number of nitrogens with zero attached hydrogens (tertiary/aromatic N) is 2. The van der Waals surface area contributed by atoms with Crippen LogP contribution >= 0.6 is 23.2 Å². The Labute approximate surface area is 123 Å². The smallest absolute Gasteiger partial charge is 0.0832 e. The van der Waals surface area contributed by atoms with E-state index in [4.69, 9.17) is 23.2 Å². The van der Waals surface area contributed by atoms with Crippen LogP contribution in [-0.4, -0.2) is 16.3 Å². The molecule has 102 valence electrons. The third-order valence-electron chi connectivity index (χ3n) is 2.66. The van der Waals surface area contributed by atoms with Crippen molar-refractivity contribution in [3.8, 4) is 5.69 Å². The van der Waals surface area contributed by atoms with Gasteiger partial charge in [0.15, 0.2) is 0 Å². The van der Waals surface area contributed by atoms with Crippen LogP contribution in [0, 0.1) is 5.92 Å². The van der Waals surface area contributed by atoms with E-state index in [1.54, 1.807) is 16.8 Å². The van der Waals surface area contributed by atoms with Crippen LogP contribution in [0.25, 0.3) is 5.69 Å². The summed E-state index contributed by atoms with van der Waals surface area (Å²) in [7, 11) is 0. The summed E-state index contributed by atoms with van der Waals surface area (Å²) in [5.41, 5.74) is 1.83. The fourth-order valence-corrected chi connectivity index (χ4v) is 2.24. The molecule has 0 atom stereocenters. The molecule has 0 aliphatic rings. The van der Waals surface area contributed by atoms with Gasteiger partial charge >= 0.3 is 0 Å². The Morgan fingerprint density at radius 3 is 2.74 bits per heavy atom. The monoisotopic (exact) mass is 297 g/mol. The number of hydrogen-bond acceptors (Lipinski definition) is 2. The molecule has 1 N–H and O–H groups in total. The first kappa shape index (κ1) is 14.4. The first-order valence-electron chi connectivity index (χ1n) is 6.27. The number of halogens is 2. The molecule has 0 radical (unpaired) electrons. The molecule has 1 heterocycles. The van der Waals surface area contributed by atoms with Crippen LogP contribution in [0.3, 0.4) is 0 Å². The fourth-order valence-electron chi connectivity index (χ4n) is 1.75.